The van der Waals surface area contributed by atoms with Crippen molar-refractivity contribution in [1.29, 1.82) is 0 Å². The van der Waals surface area contributed by atoms with E-state index in [0.29, 0.717) is 32.2 Å². The first-order chi connectivity index (χ1) is 14.0. The molecule has 1 aromatic carbocycles. The number of ketones is 1. The van der Waals surface area contributed by atoms with Crippen molar-refractivity contribution in [1.82, 2.24) is 19.7 Å². The third-order valence-corrected chi connectivity index (χ3v) is 6.01. The van der Waals surface area contributed by atoms with Gasteiger partial charge in [0.2, 0.25) is 0 Å². The van der Waals surface area contributed by atoms with E-state index in [4.69, 9.17) is 0 Å². The van der Waals surface area contributed by atoms with Crippen LogP contribution in [0, 0.1) is 13.8 Å². The van der Waals surface area contributed by atoms with Crippen LogP contribution in [0.25, 0.3) is 0 Å². The number of urea groups is 1. The summed E-state index contributed by atoms with van der Waals surface area (Å²) in [5.41, 5.74) is 4.24. The Morgan fingerprint density at radius 2 is 1.72 bits per heavy atom. The molecule has 0 bridgehead atoms. The van der Waals surface area contributed by atoms with Gasteiger partial charge in [-0.25, -0.2) is 4.79 Å². The van der Waals surface area contributed by atoms with Gasteiger partial charge in [-0.15, -0.1) is 0 Å². The molecule has 1 saturated carbocycles. The lowest BCUT2D eigenvalue weighted by Crippen LogP contribution is -2.52. The lowest BCUT2D eigenvalue weighted by Gasteiger charge is -2.34. The van der Waals surface area contributed by atoms with Gasteiger partial charge < -0.3 is 14.8 Å². The van der Waals surface area contributed by atoms with Gasteiger partial charge in [0.15, 0.2) is 5.78 Å². The number of Topliss-reactive ketones (excluding diaryl/α,β-unsaturated/α-hetero) is 1. The number of rotatable bonds is 6. The Bertz CT molecular complexity index is 878. The number of nitrogens with zero attached hydrogens (tertiary/aromatic N) is 3. The van der Waals surface area contributed by atoms with Gasteiger partial charge in [0.25, 0.3) is 0 Å². The monoisotopic (exact) mass is 394 g/mol. The topological polar surface area (TPSA) is 57.6 Å². The number of benzene rings is 1. The highest BCUT2D eigenvalue weighted by atomic mass is 16.2. The van der Waals surface area contributed by atoms with Crippen molar-refractivity contribution in [2.24, 2.45) is 0 Å². The molecule has 2 aromatic rings. The molecule has 154 valence electrons. The van der Waals surface area contributed by atoms with E-state index in [9.17, 15) is 9.59 Å². The molecule has 1 saturated heterocycles. The molecule has 6 nitrogen and oxygen atoms in total. The standard InChI is InChI=1S/C23H30N4O2/c1-17-14-21(18(2)27(17)20-8-9-20)22(28)16-25-10-12-26(13-11-25)23(29)24-15-19-6-4-3-5-7-19/h3-7,14,20H,8-13,15-16H2,1-2H3,(H,24,29). The molecule has 6 heteroatoms. The van der Waals surface area contributed by atoms with E-state index in [0.717, 1.165) is 29.9 Å². The third kappa shape index (κ3) is 4.53. The minimum atomic E-state index is -0.0344. The molecule has 1 N–H and O–H groups in total. The smallest absolute Gasteiger partial charge is 0.317 e. The molecule has 0 radical (unpaired) electrons. The molecule has 4 rings (SSSR count). The van der Waals surface area contributed by atoms with E-state index in [-0.39, 0.29) is 11.8 Å². The Balaban J connectivity index is 1.26. The van der Waals surface area contributed by atoms with Crippen LogP contribution >= 0.6 is 0 Å². The summed E-state index contributed by atoms with van der Waals surface area (Å²) >= 11 is 0. The molecule has 1 aliphatic carbocycles. The van der Waals surface area contributed by atoms with E-state index in [1.54, 1.807) is 0 Å². The van der Waals surface area contributed by atoms with Gasteiger partial charge in [0.1, 0.15) is 0 Å². The zero-order valence-corrected chi connectivity index (χ0v) is 17.4. The summed E-state index contributed by atoms with van der Waals surface area (Å²) in [7, 11) is 0. The van der Waals surface area contributed by atoms with Crippen LogP contribution in [0.4, 0.5) is 4.79 Å². The Labute approximate surface area is 172 Å². The molecule has 1 aliphatic heterocycles. The number of piperazine rings is 1. The number of aromatic nitrogens is 1. The minimum Gasteiger partial charge on any atom is -0.345 e. The number of hydrogen-bond acceptors (Lipinski definition) is 3. The first kappa shape index (κ1) is 19.7. The van der Waals surface area contributed by atoms with Crippen LogP contribution in [-0.4, -0.2) is 58.9 Å². The van der Waals surface area contributed by atoms with Gasteiger partial charge in [0, 0.05) is 55.7 Å². The molecule has 29 heavy (non-hydrogen) atoms. The average Bonchev–Trinajstić information content (AvgIpc) is 3.51. The zero-order chi connectivity index (χ0) is 20.4. The van der Waals surface area contributed by atoms with Crippen molar-refractivity contribution in [3.05, 3.63) is 58.9 Å². The van der Waals surface area contributed by atoms with E-state index >= 15 is 0 Å². The van der Waals surface area contributed by atoms with Crippen molar-refractivity contribution >= 4 is 11.8 Å². The van der Waals surface area contributed by atoms with Gasteiger partial charge in [-0.3, -0.25) is 9.69 Å². The fraction of sp³-hybridized carbons (Fsp3) is 0.478. The molecule has 0 atom stereocenters. The van der Waals surface area contributed by atoms with Gasteiger partial charge in [-0.2, -0.15) is 0 Å². The summed E-state index contributed by atoms with van der Waals surface area (Å²) < 4.78 is 2.32. The summed E-state index contributed by atoms with van der Waals surface area (Å²) in [4.78, 5) is 29.3. The summed E-state index contributed by atoms with van der Waals surface area (Å²) in [5, 5.41) is 2.98. The van der Waals surface area contributed by atoms with E-state index in [1.165, 1.54) is 18.5 Å². The van der Waals surface area contributed by atoms with Crippen LogP contribution in [0.15, 0.2) is 36.4 Å². The van der Waals surface area contributed by atoms with E-state index < -0.39 is 0 Å². The zero-order valence-electron chi connectivity index (χ0n) is 17.4. The average molecular weight is 395 g/mol. The summed E-state index contributed by atoms with van der Waals surface area (Å²) in [5.74, 6) is 0.187. The lowest BCUT2D eigenvalue weighted by molar-refractivity contribution is 0.0877. The maximum atomic E-state index is 12.9. The molecular weight excluding hydrogens is 364 g/mol. The Hall–Kier alpha value is -2.60. The Morgan fingerprint density at radius 1 is 1.03 bits per heavy atom. The third-order valence-electron chi connectivity index (χ3n) is 6.01. The molecule has 1 aromatic heterocycles. The number of hydrogen-bond donors (Lipinski definition) is 1. The van der Waals surface area contributed by atoms with Crippen molar-refractivity contribution < 1.29 is 9.59 Å². The second-order valence-electron chi connectivity index (χ2n) is 8.22. The van der Waals surface area contributed by atoms with Crippen LogP contribution in [0.2, 0.25) is 0 Å². The molecule has 0 spiro atoms. The van der Waals surface area contributed by atoms with Crippen LogP contribution in [0.1, 0.15) is 46.2 Å². The molecule has 2 heterocycles. The van der Waals surface area contributed by atoms with Crippen molar-refractivity contribution in [3.8, 4) is 0 Å². The predicted molar refractivity (Wildman–Crippen MR) is 113 cm³/mol. The molecule has 2 fully saturated rings. The van der Waals surface area contributed by atoms with Gasteiger partial charge in [-0.05, 0) is 38.3 Å². The number of carbonyl (C=O) groups is 2. The van der Waals surface area contributed by atoms with Crippen LogP contribution < -0.4 is 5.32 Å². The highest BCUT2D eigenvalue weighted by Crippen LogP contribution is 2.38. The molecule has 2 aliphatic rings. The maximum absolute atomic E-state index is 12.9. The first-order valence-electron chi connectivity index (χ1n) is 10.5. The van der Waals surface area contributed by atoms with Crippen molar-refractivity contribution in [3.63, 3.8) is 0 Å². The SMILES string of the molecule is Cc1cc(C(=O)CN2CCN(C(=O)NCc3ccccc3)CC2)c(C)n1C1CC1. The number of aryl methyl sites for hydroxylation is 1. The van der Waals surface area contributed by atoms with Gasteiger partial charge in [-0.1, -0.05) is 30.3 Å². The molecule has 0 unspecified atom stereocenters. The predicted octanol–water partition coefficient (Wildman–Crippen LogP) is 3.15. The maximum Gasteiger partial charge on any atom is 0.317 e. The van der Waals surface area contributed by atoms with Crippen molar-refractivity contribution in [2.45, 2.75) is 39.3 Å². The lowest BCUT2D eigenvalue weighted by atomic mass is 10.1. The van der Waals surface area contributed by atoms with E-state index in [2.05, 4.69) is 28.6 Å². The Morgan fingerprint density at radius 3 is 2.38 bits per heavy atom. The summed E-state index contributed by atoms with van der Waals surface area (Å²) in [6.07, 6.45) is 2.44. The first-order valence-corrected chi connectivity index (χ1v) is 10.5. The van der Waals surface area contributed by atoms with Crippen LogP contribution in [0.5, 0.6) is 0 Å². The second-order valence-corrected chi connectivity index (χ2v) is 8.22. The number of carbonyl (C=O) groups excluding carboxylic acids is 2. The van der Waals surface area contributed by atoms with E-state index in [1.807, 2.05) is 41.3 Å². The van der Waals surface area contributed by atoms with Crippen LogP contribution in [-0.2, 0) is 6.54 Å². The number of amides is 2. The van der Waals surface area contributed by atoms with Crippen LogP contribution in [0.3, 0.4) is 0 Å². The van der Waals surface area contributed by atoms with Gasteiger partial charge >= 0.3 is 6.03 Å². The Kier molecular flexibility index (Phi) is 5.72. The van der Waals surface area contributed by atoms with Gasteiger partial charge in [0.05, 0.1) is 6.54 Å². The fourth-order valence-electron chi connectivity index (χ4n) is 4.24. The fourth-order valence-corrected chi connectivity index (χ4v) is 4.24. The summed E-state index contributed by atoms with van der Waals surface area (Å²) in [6, 6.07) is 12.5. The number of nitrogens with one attached hydrogen (secondary N) is 1. The molecule has 2 amide bonds. The normalized spacial score (nSPS) is 17.4. The minimum absolute atomic E-state index is 0.0344. The second kappa shape index (κ2) is 8.41. The largest absolute Gasteiger partial charge is 0.345 e. The molecular formula is C23H30N4O2. The highest BCUT2D eigenvalue weighted by molar-refractivity contribution is 5.99. The van der Waals surface area contributed by atoms with Crippen molar-refractivity contribution in [2.75, 3.05) is 32.7 Å². The quantitative estimate of drug-likeness (QED) is 0.766. The summed E-state index contributed by atoms with van der Waals surface area (Å²) in [6.45, 7) is 7.87. The highest BCUT2D eigenvalue weighted by Gasteiger charge is 2.29.